The predicted octanol–water partition coefficient (Wildman–Crippen LogP) is 2.56. The van der Waals surface area contributed by atoms with Gasteiger partial charge in [0.1, 0.15) is 0 Å². The first kappa shape index (κ1) is 17.8. The number of carbonyl (C=O) groups is 1. The van der Waals surface area contributed by atoms with Crippen molar-refractivity contribution in [2.24, 2.45) is 5.16 Å². The molecule has 26 heavy (non-hydrogen) atoms. The molecule has 3 rings (SSSR count). The Labute approximate surface area is 152 Å². The summed E-state index contributed by atoms with van der Waals surface area (Å²) < 4.78 is 10.5. The van der Waals surface area contributed by atoms with Crippen molar-refractivity contribution in [2.45, 2.75) is 18.9 Å². The maximum absolute atomic E-state index is 12.3. The second-order valence-corrected chi connectivity index (χ2v) is 5.93. The van der Waals surface area contributed by atoms with Crippen LogP contribution >= 0.6 is 0 Å². The van der Waals surface area contributed by atoms with Crippen LogP contribution in [-0.4, -0.2) is 38.5 Å². The molecule has 0 saturated heterocycles. The molecule has 1 atom stereocenters. The van der Waals surface area contributed by atoms with Crippen LogP contribution in [-0.2, 0) is 16.1 Å². The number of ether oxygens (including phenoxy) is 2. The second-order valence-electron chi connectivity index (χ2n) is 5.93. The number of rotatable bonds is 7. The van der Waals surface area contributed by atoms with E-state index in [9.17, 15) is 4.79 Å². The molecule has 1 aliphatic heterocycles. The zero-order valence-electron chi connectivity index (χ0n) is 14.9. The maximum atomic E-state index is 12.3. The molecular weight excluding hydrogens is 332 g/mol. The van der Waals surface area contributed by atoms with Gasteiger partial charge in [0, 0.05) is 18.5 Å². The number of carbonyl (C=O) groups excluding carboxylic acids is 1. The molecule has 0 bridgehead atoms. The van der Waals surface area contributed by atoms with E-state index in [4.69, 9.17) is 14.3 Å². The van der Waals surface area contributed by atoms with Crippen molar-refractivity contribution in [1.29, 1.82) is 0 Å². The van der Waals surface area contributed by atoms with Crippen LogP contribution < -0.4 is 14.8 Å². The lowest BCUT2D eigenvalue weighted by Gasteiger charge is -2.10. The molecule has 1 heterocycles. The fraction of sp³-hybridized carbons (Fsp3) is 0.300. The standard InChI is InChI=1S/C20H22N2O4/c1-24-17-9-8-15(12-18(17)25-2)16-13-19(26-22-16)20(23)21-11-10-14-6-4-3-5-7-14/h3-9,12,19H,10-11,13H2,1-2H3,(H,21,23)/t19-/m1/s1. The average Bonchev–Trinajstić information content (AvgIpc) is 3.18. The van der Waals surface area contributed by atoms with E-state index in [1.54, 1.807) is 14.2 Å². The minimum atomic E-state index is -0.603. The van der Waals surface area contributed by atoms with E-state index in [-0.39, 0.29) is 5.91 Å². The summed E-state index contributed by atoms with van der Waals surface area (Å²) in [5.41, 5.74) is 2.75. The molecule has 0 unspecified atom stereocenters. The van der Waals surface area contributed by atoms with Crippen molar-refractivity contribution in [3.05, 3.63) is 59.7 Å². The Bertz CT molecular complexity index is 790. The highest BCUT2D eigenvalue weighted by Gasteiger charge is 2.29. The van der Waals surface area contributed by atoms with Gasteiger partial charge in [0.05, 0.1) is 19.9 Å². The van der Waals surface area contributed by atoms with Gasteiger partial charge in [0.2, 0.25) is 6.10 Å². The van der Waals surface area contributed by atoms with Crippen LogP contribution in [0.25, 0.3) is 0 Å². The van der Waals surface area contributed by atoms with Gasteiger partial charge in [-0.3, -0.25) is 4.79 Å². The van der Waals surface area contributed by atoms with Gasteiger partial charge in [-0.2, -0.15) is 0 Å². The molecule has 0 saturated carbocycles. The zero-order valence-corrected chi connectivity index (χ0v) is 14.9. The quantitative estimate of drug-likeness (QED) is 0.830. The van der Waals surface area contributed by atoms with Gasteiger partial charge >= 0.3 is 0 Å². The molecule has 0 spiro atoms. The Morgan fingerprint density at radius 1 is 1.15 bits per heavy atom. The monoisotopic (exact) mass is 354 g/mol. The smallest absolute Gasteiger partial charge is 0.264 e. The molecule has 1 amide bonds. The third-order valence-electron chi connectivity index (χ3n) is 4.23. The SMILES string of the molecule is COc1ccc(C2=NO[C@@H](C(=O)NCCc3ccccc3)C2)cc1OC. The molecule has 136 valence electrons. The summed E-state index contributed by atoms with van der Waals surface area (Å²) in [5, 5.41) is 6.97. The molecule has 1 aliphatic rings. The van der Waals surface area contributed by atoms with E-state index < -0.39 is 6.10 Å². The summed E-state index contributed by atoms with van der Waals surface area (Å²) in [7, 11) is 3.17. The average molecular weight is 354 g/mol. The number of amides is 1. The minimum absolute atomic E-state index is 0.153. The van der Waals surface area contributed by atoms with Crippen LogP contribution in [0.5, 0.6) is 11.5 Å². The van der Waals surface area contributed by atoms with E-state index in [1.165, 1.54) is 5.56 Å². The largest absolute Gasteiger partial charge is 0.493 e. The number of nitrogens with zero attached hydrogens (tertiary/aromatic N) is 1. The maximum Gasteiger partial charge on any atom is 0.264 e. The van der Waals surface area contributed by atoms with Gasteiger partial charge in [-0.15, -0.1) is 0 Å². The molecule has 2 aromatic carbocycles. The molecule has 6 heteroatoms. The third kappa shape index (κ3) is 4.14. The molecule has 1 N–H and O–H groups in total. The van der Waals surface area contributed by atoms with Crippen LogP contribution in [0.3, 0.4) is 0 Å². The van der Waals surface area contributed by atoms with Gasteiger partial charge in [-0.25, -0.2) is 0 Å². The molecule has 2 aromatic rings. The van der Waals surface area contributed by atoms with Gasteiger partial charge in [0.15, 0.2) is 11.5 Å². The lowest BCUT2D eigenvalue weighted by molar-refractivity contribution is -0.131. The Balaban J connectivity index is 1.53. The molecule has 0 aliphatic carbocycles. The lowest BCUT2D eigenvalue weighted by atomic mass is 10.0. The third-order valence-corrected chi connectivity index (χ3v) is 4.23. The van der Waals surface area contributed by atoms with E-state index in [0.29, 0.717) is 30.2 Å². The number of hydrogen-bond acceptors (Lipinski definition) is 5. The summed E-state index contributed by atoms with van der Waals surface area (Å²) in [4.78, 5) is 17.6. The van der Waals surface area contributed by atoms with Crippen LogP contribution in [0, 0.1) is 0 Å². The molecule has 0 radical (unpaired) electrons. The van der Waals surface area contributed by atoms with Crippen LogP contribution in [0.2, 0.25) is 0 Å². The van der Waals surface area contributed by atoms with E-state index in [0.717, 1.165) is 12.0 Å². The fourth-order valence-corrected chi connectivity index (χ4v) is 2.79. The summed E-state index contributed by atoms with van der Waals surface area (Å²) >= 11 is 0. The Kier molecular flexibility index (Phi) is 5.73. The first-order chi connectivity index (χ1) is 12.7. The van der Waals surface area contributed by atoms with Crippen molar-refractivity contribution in [3.63, 3.8) is 0 Å². The Morgan fingerprint density at radius 3 is 2.65 bits per heavy atom. The number of benzene rings is 2. The normalized spacial score (nSPS) is 15.8. The van der Waals surface area contributed by atoms with Crippen molar-refractivity contribution < 1.29 is 19.1 Å². The van der Waals surface area contributed by atoms with Crippen LogP contribution in [0.15, 0.2) is 53.7 Å². The summed E-state index contributed by atoms with van der Waals surface area (Å²) in [6, 6.07) is 15.5. The van der Waals surface area contributed by atoms with Gasteiger partial charge in [-0.05, 0) is 30.2 Å². The van der Waals surface area contributed by atoms with Crippen LogP contribution in [0.1, 0.15) is 17.5 Å². The van der Waals surface area contributed by atoms with Gasteiger partial charge < -0.3 is 19.6 Å². The van der Waals surface area contributed by atoms with Crippen molar-refractivity contribution >= 4 is 11.6 Å². The van der Waals surface area contributed by atoms with E-state index in [1.807, 2.05) is 48.5 Å². The number of hydrogen-bond donors (Lipinski definition) is 1. The first-order valence-electron chi connectivity index (χ1n) is 8.48. The summed E-state index contributed by atoms with van der Waals surface area (Å²) in [6.45, 7) is 0.564. The Hall–Kier alpha value is -3.02. The molecular formula is C20H22N2O4. The summed E-state index contributed by atoms with van der Waals surface area (Å²) in [5.74, 6) is 1.11. The predicted molar refractivity (Wildman–Crippen MR) is 98.7 cm³/mol. The highest BCUT2D eigenvalue weighted by Crippen LogP contribution is 2.29. The van der Waals surface area contributed by atoms with Crippen molar-refractivity contribution in [1.82, 2.24) is 5.32 Å². The Morgan fingerprint density at radius 2 is 1.92 bits per heavy atom. The zero-order chi connectivity index (χ0) is 18.4. The molecule has 0 aromatic heterocycles. The highest BCUT2D eigenvalue weighted by molar-refractivity contribution is 6.04. The number of oxime groups is 1. The fourth-order valence-electron chi connectivity index (χ4n) is 2.79. The number of nitrogens with one attached hydrogen (secondary N) is 1. The minimum Gasteiger partial charge on any atom is -0.493 e. The van der Waals surface area contributed by atoms with Gasteiger partial charge in [-0.1, -0.05) is 35.5 Å². The molecule has 0 fully saturated rings. The van der Waals surface area contributed by atoms with E-state index in [2.05, 4.69) is 10.5 Å². The highest BCUT2D eigenvalue weighted by atomic mass is 16.6. The molecule has 6 nitrogen and oxygen atoms in total. The topological polar surface area (TPSA) is 69.2 Å². The first-order valence-corrected chi connectivity index (χ1v) is 8.48. The number of methoxy groups -OCH3 is 2. The van der Waals surface area contributed by atoms with Crippen LogP contribution in [0.4, 0.5) is 0 Å². The summed E-state index contributed by atoms with van der Waals surface area (Å²) in [6.07, 6.45) is 0.601. The van der Waals surface area contributed by atoms with Crippen molar-refractivity contribution in [3.8, 4) is 11.5 Å². The van der Waals surface area contributed by atoms with Gasteiger partial charge in [0.25, 0.3) is 5.91 Å². The van der Waals surface area contributed by atoms with E-state index >= 15 is 0 Å². The lowest BCUT2D eigenvalue weighted by Crippen LogP contribution is -2.36. The van der Waals surface area contributed by atoms with Crippen molar-refractivity contribution in [2.75, 3.05) is 20.8 Å². The second kappa shape index (κ2) is 8.38.